The van der Waals surface area contributed by atoms with Crippen molar-refractivity contribution in [3.63, 3.8) is 0 Å². The van der Waals surface area contributed by atoms with Gasteiger partial charge in [-0.15, -0.1) is 0 Å². The van der Waals surface area contributed by atoms with E-state index in [-0.39, 0.29) is 6.10 Å². The normalized spacial score (nSPS) is 34.1. The highest BCUT2D eigenvalue weighted by Gasteiger charge is 2.30. The second-order valence-corrected chi connectivity index (χ2v) is 3.53. The summed E-state index contributed by atoms with van der Waals surface area (Å²) >= 11 is 0. The van der Waals surface area contributed by atoms with Crippen LogP contribution >= 0.6 is 0 Å². The number of hydrogen-bond acceptors (Lipinski definition) is 2. The number of hydrogen-bond donors (Lipinski definition) is 1. The minimum Gasteiger partial charge on any atom is -0.390 e. The fraction of sp³-hybridized carbons (Fsp3) is 1.00. The van der Waals surface area contributed by atoms with Gasteiger partial charge in [-0.2, -0.15) is 0 Å². The molecule has 0 aliphatic carbocycles. The van der Waals surface area contributed by atoms with Crippen molar-refractivity contribution in [3.05, 3.63) is 0 Å². The molecule has 3 atom stereocenters. The highest BCUT2D eigenvalue weighted by atomic mass is 16.5. The zero-order chi connectivity index (χ0) is 8.27. The summed E-state index contributed by atoms with van der Waals surface area (Å²) in [4.78, 5) is 0. The van der Waals surface area contributed by atoms with E-state index in [1.165, 1.54) is 12.8 Å². The Hall–Kier alpha value is -0.0800. The minimum absolute atomic E-state index is 0.212. The summed E-state index contributed by atoms with van der Waals surface area (Å²) in [6, 6.07) is 0. The number of aliphatic hydroxyl groups is 1. The maximum Gasteiger partial charge on any atom is 0.0826 e. The molecule has 1 heterocycles. The molecular weight excluding hydrogens is 140 g/mol. The monoisotopic (exact) mass is 158 g/mol. The molecule has 0 amide bonds. The van der Waals surface area contributed by atoms with E-state index in [2.05, 4.69) is 13.8 Å². The summed E-state index contributed by atoms with van der Waals surface area (Å²) in [7, 11) is 0. The standard InChI is InChI=1S/C9H18O2/c1-3-4-7(2)8-5-11-6-9(8)10/h7-10H,3-6H2,1-2H3. The number of ether oxygens (including phenoxy) is 1. The van der Waals surface area contributed by atoms with Crippen molar-refractivity contribution in [1.29, 1.82) is 0 Å². The maximum absolute atomic E-state index is 9.46. The highest BCUT2D eigenvalue weighted by Crippen LogP contribution is 2.25. The molecule has 0 bridgehead atoms. The van der Waals surface area contributed by atoms with Gasteiger partial charge in [0.1, 0.15) is 0 Å². The van der Waals surface area contributed by atoms with Crippen molar-refractivity contribution >= 4 is 0 Å². The van der Waals surface area contributed by atoms with Gasteiger partial charge in [0.25, 0.3) is 0 Å². The van der Waals surface area contributed by atoms with Gasteiger partial charge >= 0.3 is 0 Å². The van der Waals surface area contributed by atoms with E-state index in [1.54, 1.807) is 0 Å². The smallest absolute Gasteiger partial charge is 0.0826 e. The largest absolute Gasteiger partial charge is 0.390 e. The number of rotatable bonds is 3. The fourth-order valence-electron chi connectivity index (χ4n) is 1.77. The summed E-state index contributed by atoms with van der Waals surface area (Å²) in [5.74, 6) is 0.993. The van der Waals surface area contributed by atoms with Gasteiger partial charge in [-0.05, 0) is 5.92 Å². The van der Waals surface area contributed by atoms with Crippen molar-refractivity contribution in [2.45, 2.75) is 32.8 Å². The summed E-state index contributed by atoms with van der Waals surface area (Å²) < 4.78 is 5.19. The lowest BCUT2D eigenvalue weighted by Crippen LogP contribution is -2.24. The van der Waals surface area contributed by atoms with Crippen LogP contribution in [0.5, 0.6) is 0 Å². The average molecular weight is 158 g/mol. The SMILES string of the molecule is CCCC(C)C1COCC1O. The zero-order valence-corrected chi connectivity index (χ0v) is 7.42. The van der Waals surface area contributed by atoms with Crippen molar-refractivity contribution in [3.8, 4) is 0 Å². The third-order valence-electron chi connectivity index (χ3n) is 2.57. The van der Waals surface area contributed by atoms with Crippen LogP contribution in [0.25, 0.3) is 0 Å². The molecule has 1 rings (SSSR count). The van der Waals surface area contributed by atoms with E-state index in [4.69, 9.17) is 4.74 Å². The van der Waals surface area contributed by atoms with Crippen LogP contribution in [-0.2, 0) is 4.74 Å². The Morgan fingerprint density at radius 3 is 2.73 bits per heavy atom. The van der Waals surface area contributed by atoms with Crippen LogP contribution < -0.4 is 0 Å². The first-order valence-corrected chi connectivity index (χ1v) is 4.51. The Balaban J connectivity index is 2.33. The molecule has 1 saturated heterocycles. The van der Waals surface area contributed by atoms with Gasteiger partial charge in [-0.25, -0.2) is 0 Å². The first kappa shape index (κ1) is 9.01. The molecule has 1 aliphatic rings. The Labute approximate surface area is 68.6 Å². The Morgan fingerprint density at radius 2 is 2.27 bits per heavy atom. The van der Waals surface area contributed by atoms with E-state index in [1.807, 2.05) is 0 Å². The third-order valence-corrected chi connectivity index (χ3v) is 2.57. The molecule has 1 aliphatic heterocycles. The lowest BCUT2D eigenvalue weighted by Gasteiger charge is -2.19. The third kappa shape index (κ3) is 2.17. The van der Waals surface area contributed by atoms with E-state index >= 15 is 0 Å². The second kappa shape index (κ2) is 4.07. The predicted octanol–water partition coefficient (Wildman–Crippen LogP) is 1.43. The van der Waals surface area contributed by atoms with Gasteiger partial charge in [0.15, 0.2) is 0 Å². The van der Waals surface area contributed by atoms with Crippen molar-refractivity contribution in [1.82, 2.24) is 0 Å². The van der Waals surface area contributed by atoms with Gasteiger partial charge in [-0.3, -0.25) is 0 Å². The van der Waals surface area contributed by atoms with Crippen LogP contribution in [0.1, 0.15) is 26.7 Å². The molecule has 1 N–H and O–H groups in total. The van der Waals surface area contributed by atoms with Crippen LogP contribution in [0.2, 0.25) is 0 Å². The van der Waals surface area contributed by atoms with Crippen LogP contribution in [0.4, 0.5) is 0 Å². The molecule has 1 fully saturated rings. The van der Waals surface area contributed by atoms with Crippen LogP contribution in [-0.4, -0.2) is 24.4 Å². The second-order valence-electron chi connectivity index (χ2n) is 3.53. The molecule has 2 nitrogen and oxygen atoms in total. The molecule has 0 spiro atoms. The summed E-state index contributed by atoms with van der Waals surface area (Å²) in [6.45, 7) is 5.67. The predicted molar refractivity (Wildman–Crippen MR) is 44.4 cm³/mol. The molecule has 2 heteroatoms. The van der Waals surface area contributed by atoms with E-state index in [9.17, 15) is 5.11 Å². The van der Waals surface area contributed by atoms with Gasteiger partial charge in [0, 0.05) is 5.92 Å². The van der Waals surface area contributed by atoms with Crippen LogP contribution in [0.15, 0.2) is 0 Å². The van der Waals surface area contributed by atoms with E-state index in [0.29, 0.717) is 18.4 Å². The molecule has 0 radical (unpaired) electrons. The average Bonchev–Trinajstić information content (AvgIpc) is 2.36. The first-order valence-electron chi connectivity index (χ1n) is 4.51. The molecule has 0 aromatic carbocycles. The van der Waals surface area contributed by atoms with Crippen molar-refractivity contribution in [2.24, 2.45) is 11.8 Å². The van der Waals surface area contributed by atoms with Gasteiger partial charge in [0.05, 0.1) is 19.3 Å². The van der Waals surface area contributed by atoms with Crippen LogP contribution in [0.3, 0.4) is 0 Å². The number of aliphatic hydroxyl groups excluding tert-OH is 1. The quantitative estimate of drug-likeness (QED) is 0.673. The van der Waals surface area contributed by atoms with Crippen LogP contribution in [0, 0.1) is 11.8 Å². The summed E-state index contributed by atoms with van der Waals surface area (Å²) in [6.07, 6.45) is 2.19. The highest BCUT2D eigenvalue weighted by molar-refractivity contribution is 4.78. The zero-order valence-electron chi connectivity index (χ0n) is 7.42. The molecule has 0 saturated carbocycles. The fourth-order valence-corrected chi connectivity index (χ4v) is 1.77. The molecular formula is C9H18O2. The van der Waals surface area contributed by atoms with Gasteiger partial charge in [0.2, 0.25) is 0 Å². The lowest BCUT2D eigenvalue weighted by molar-refractivity contribution is 0.105. The Kier molecular flexibility index (Phi) is 3.34. The first-order chi connectivity index (χ1) is 5.25. The topological polar surface area (TPSA) is 29.5 Å². The van der Waals surface area contributed by atoms with Gasteiger partial charge < -0.3 is 9.84 Å². The van der Waals surface area contributed by atoms with E-state index in [0.717, 1.165) is 6.61 Å². The molecule has 3 unspecified atom stereocenters. The lowest BCUT2D eigenvalue weighted by atomic mass is 9.88. The maximum atomic E-state index is 9.46. The van der Waals surface area contributed by atoms with Crippen molar-refractivity contribution < 1.29 is 9.84 Å². The molecule has 0 aromatic rings. The molecule has 11 heavy (non-hydrogen) atoms. The Morgan fingerprint density at radius 1 is 1.55 bits per heavy atom. The minimum atomic E-state index is -0.212. The molecule has 0 aromatic heterocycles. The van der Waals surface area contributed by atoms with Crippen molar-refractivity contribution in [2.75, 3.05) is 13.2 Å². The summed E-state index contributed by atoms with van der Waals surface area (Å²) in [5.41, 5.74) is 0. The van der Waals surface area contributed by atoms with E-state index < -0.39 is 0 Å². The van der Waals surface area contributed by atoms with Gasteiger partial charge in [-0.1, -0.05) is 26.7 Å². The molecule has 66 valence electrons. The summed E-state index contributed by atoms with van der Waals surface area (Å²) in [5, 5.41) is 9.46. The Bertz CT molecular complexity index is 114.